The van der Waals surface area contributed by atoms with Gasteiger partial charge in [0.05, 0.1) is 17.3 Å². The number of rotatable bonds is 10. The molecule has 1 aliphatic heterocycles. The van der Waals surface area contributed by atoms with Gasteiger partial charge in [0.15, 0.2) is 25.5 Å². The van der Waals surface area contributed by atoms with Gasteiger partial charge < -0.3 is 28.4 Å². The standard InChI is InChI=1S/C45H52BrN3O7Si/c1-44(2,3)57(6,7)56-45-31(38(48(4)5)40-36(42(45)52)43(47-55-40)54-26-28-18-12-9-13-19-28)23-29-22-30-35(39(50)34(29)41(45)51)33(53-25-27-16-10-8-11-17-27)24-32(46)37(30)49-20-14-15-21-49/h8-13,16-19,24,29,31,38,51H,14-15,20-23,25-26H2,1-7H3/t29-,31-,38-,45-/m0/s1. The predicted octanol–water partition coefficient (Wildman–Crippen LogP) is 9.64. The number of nitrogens with zero attached hydrogens (tertiary/aromatic N) is 3. The van der Waals surface area contributed by atoms with Crippen LogP contribution in [0.3, 0.4) is 0 Å². The molecule has 4 aliphatic rings. The lowest BCUT2D eigenvalue weighted by molar-refractivity contribution is -0.0480. The number of ether oxygens (including phenoxy) is 2. The Balaban J connectivity index is 1.32. The zero-order chi connectivity index (χ0) is 40.4. The van der Waals surface area contributed by atoms with Crippen LogP contribution in [0.15, 0.2) is 87.1 Å². The summed E-state index contributed by atoms with van der Waals surface area (Å²) < 4.78 is 27.0. The number of hydrogen-bond acceptors (Lipinski definition) is 10. The molecule has 3 aliphatic carbocycles. The molecule has 3 aromatic carbocycles. The summed E-state index contributed by atoms with van der Waals surface area (Å²) in [5.41, 5.74) is 2.65. The maximum Gasteiger partial charge on any atom is 0.265 e. The van der Waals surface area contributed by atoms with Crippen LogP contribution in [0, 0.1) is 11.8 Å². The molecule has 57 heavy (non-hydrogen) atoms. The van der Waals surface area contributed by atoms with E-state index in [2.05, 4.69) is 59.9 Å². The van der Waals surface area contributed by atoms with Gasteiger partial charge in [0.25, 0.3) is 5.88 Å². The molecule has 0 unspecified atom stereocenters. The number of anilines is 1. The molecule has 4 atom stereocenters. The molecule has 0 spiro atoms. The summed E-state index contributed by atoms with van der Waals surface area (Å²) in [6.07, 6.45) is 2.99. The van der Waals surface area contributed by atoms with Crippen molar-refractivity contribution in [2.45, 2.75) is 89.4 Å². The quantitative estimate of drug-likeness (QED) is 0.155. The van der Waals surface area contributed by atoms with E-state index in [1.807, 2.05) is 85.7 Å². The molecule has 1 fully saturated rings. The maximum absolute atomic E-state index is 15.6. The highest BCUT2D eigenvalue weighted by atomic mass is 79.9. The van der Waals surface area contributed by atoms with Crippen molar-refractivity contribution in [2.24, 2.45) is 11.8 Å². The second-order valence-corrected chi connectivity index (χ2v) is 23.3. The van der Waals surface area contributed by atoms with Crippen molar-refractivity contribution in [1.29, 1.82) is 0 Å². The third-order valence-electron chi connectivity index (χ3n) is 12.9. The minimum absolute atomic E-state index is 0.0410. The lowest BCUT2D eigenvalue weighted by atomic mass is 9.58. The highest BCUT2D eigenvalue weighted by molar-refractivity contribution is 9.10. The smallest absolute Gasteiger partial charge is 0.265 e. The van der Waals surface area contributed by atoms with E-state index >= 15 is 9.59 Å². The van der Waals surface area contributed by atoms with Crippen LogP contribution in [-0.2, 0) is 24.1 Å². The van der Waals surface area contributed by atoms with Crippen molar-refractivity contribution in [3.8, 4) is 11.6 Å². The van der Waals surface area contributed by atoms with Gasteiger partial charge >= 0.3 is 0 Å². The fourth-order valence-electron chi connectivity index (χ4n) is 9.10. The number of fused-ring (bicyclic) bond motifs is 4. The Morgan fingerprint density at radius 1 is 0.965 bits per heavy atom. The van der Waals surface area contributed by atoms with Crippen molar-refractivity contribution in [3.05, 3.63) is 116 Å². The van der Waals surface area contributed by atoms with Gasteiger partial charge in [-0.3, -0.25) is 14.5 Å². The van der Waals surface area contributed by atoms with Crippen molar-refractivity contribution in [3.63, 3.8) is 0 Å². The Kier molecular flexibility index (Phi) is 10.3. The van der Waals surface area contributed by atoms with E-state index < -0.39 is 37.6 Å². The Morgan fingerprint density at radius 2 is 1.58 bits per heavy atom. The number of aliphatic hydroxyl groups excluding tert-OH is 1. The van der Waals surface area contributed by atoms with Crippen molar-refractivity contribution >= 4 is 41.5 Å². The first-order valence-electron chi connectivity index (χ1n) is 20.0. The highest BCUT2D eigenvalue weighted by Crippen LogP contribution is 2.60. The maximum atomic E-state index is 15.6. The van der Waals surface area contributed by atoms with Crippen molar-refractivity contribution in [1.82, 2.24) is 10.1 Å². The van der Waals surface area contributed by atoms with Crippen LogP contribution in [0.2, 0.25) is 18.1 Å². The van der Waals surface area contributed by atoms with Crippen molar-refractivity contribution < 1.29 is 33.1 Å². The first kappa shape index (κ1) is 39.6. The predicted molar refractivity (Wildman–Crippen MR) is 225 cm³/mol. The molecule has 8 rings (SSSR count). The minimum atomic E-state index is -2.87. The molecule has 0 radical (unpaired) electrons. The SMILES string of the molecule is CN(C)[C@@H]1c2onc(OCc3ccccc3)c2C(=O)[C@@]2(O[Si](C)(C)C(C)(C)C)C(O)=C3C(=O)c4c(OCc5ccccc5)cc(Br)c(N5CCCC5)c4C[C@H]3C[C@@H]12. The summed E-state index contributed by atoms with van der Waals surface area (Å²) >= 11 is 3.89. The minimum Gasteiger partial charge on any atom is -0.508 e. The Morgan fingerprint density at radius 3 is 2.18 bits per heavy atom. The fourth-order valence-corrected chi connectivity index (χ4v) is 11.3. The number of carbonyl (C=O) groups is 2. The Labute approximate surface area is 344 Å². The van der Waals surface area contributed by atoms with Crippen LogP contribution in [0.5, 0.6) is 11.6 Å². The van der Waals surface area contributed by atoms with E-state index in [9.17, 15) is 5.11 Å². The number of halogens is 1. The summed E-state index contributed by atoms with van der Waals surface area (Å²) in [4.78, 5) is 35.4. The lowest BCUT2D eigenvalue weighted by Gasteiger charge is -2.55. The summed E-state index contributed by atoms with van der Waals surface area (Å²) in [6.45, 7) is 12.6. The third-order valence-corrected chi connectivity index (χ3v) is 17.9. The first-order chi connectivity index (χ1) is 27.1. The largest absolute Gasteiger partial charge is 0.508 e. The monoisotopic (exact) mass is 853 g/mol. The van der Waals surface area contributed by atoms with Gasteiger partial charge in [-0.1, -0.05) is 81.4 Å². The molecule has 1 N–H and O–H groups in total. The Bertz CT molecular complexity index is 2230. The molecular formula is C45H52BrN3O7Si. The van der Waals surface area contributed by atoms with Gasteiger partial charge in [0, 0.05) is 29.1 Å². The number of benzene rings is 3. The van der Waals surface area contributed by atoms with Gasteiger partial charge in [0.2, 0.25) is 5.78 Å². The zero-order valence-electron chi connectivity index (χ0n) is 33.9. The van der Waals surface area contributed by atoms with Crippen LogP contribution in [0.4, 0.5) is 5.69 Å². The van der Waals surface area contributed by atoms with E-state index in [0.717, 1.165) is 52.8 Å². The zero-order valence-corrected chi connectivity index (χ0v) is 36.4. The van der Waals surface area contributed by atoms with E-state index in [1.54, 1.807) is 0 Å². The number of hydrogen-bond donors (Lipinski definition) is 1. The average molecular weight is 855 g/mol. The second-order valence-electron chi connectivity index (χ2n) is 17.7. The van der Waals surface area contributed by atoms with Crippen molar-refractivity contribution in [2.75, 3.05) is 32.1 Å². The molecule has 10 nitrogen and oxygen atoms in total. The molecule has 300 valence electrons. The number of carbonyl (C=O) groups excluding carboxylic acids is 2. The first-order valence-corrected chi connectivity index (χ1v) is 23.7. The summed E-state index contributed by atoms with van der Waals surface area (Å²) in [6, 6.07) is 20.9. The Hall–Kier alpha value is -4.23. The van der Waals surface area contributed by atoms with E-state index in [0.29, 0.717) is 29.9 Å². The van der Waals surface area contributed by atoms with Crippen LogP contribution in [-0.4, -0.2) is 67.8 Å². The fraction of sp³-hybridized carbons (Fsp3) is 0.444. The van der Waals surface area contributed by atoms with E-state index in [-0.39, 0.29) is 46.8 Å². The van der Waals surface area contributed by atoms with Gasteiger partial charge in [-0.15, -0.1) is 0 Å². The molecule has 0 bridgehead atoms. The van der Waals surface area contributed by atoms with E-state index in [4.69, 9.17) is 18.4 Å². The number of Topliss-reactive ketones (excluding diaryl/α,β-unsaturated/α-hetero) is 2. The number of allylic oxidation sites excluding steroid dienone is 1. The van der Waals surface area contributed by atoms with Crippen LogP contribution < -0.4 is 14.4 Å². The second kappa shape index (κ2) is 14.9. The average Bonchev–Trinajstić information content (AvgIpc) is 3.85. The third kappa shape index (κ3) is 6.66. The number of aliphatic hydroxyl groups is 1. The number of ketones is 2. The molecular weight excluding hydrogens is 802 g/mol. The number of aromatic nitrogens is 1. The molecule has 12 heteroatoms. The van der Waals surface area contributed by atoms with Gasteiger partial charge in [-0.2, -0.15) is 0 Å². The molecule has 0 saturated carbocycles. The molecule has 2 heterocycles. The molecule has 1 saturated heterocycles. The van der Waals surface area contributed by atoms with Gasteiger partial charge in [-0.05, 0) is 108 Å². The van der Waals surface area contributed by atoms with Crippen LogP contribution in [0.1, 0.15) is 89.2 Å². The summed E-state index contributed by atoms with van der Waals surface area (Å²) in [5, 5.41) is 17.1. The summed E-state index contributed by atoms with van der Waals surface area (Å²) in [5.74, 6) is -1.31. The van der Waals surface area contributed by atoms with Crippen LogP contribution in [0.25, 0.3) is 0 Å². The highest BCUT2D eigenvalue weighted by Gasteiger charge is 2.67. The molecule has 1 aromatic heterocycles. The topological polar surface area (TPSA) is 115 Å². The molecule has 0 amide bonds. The van der Waals surface area contributed by atoms with Gasteiger partial charge in [0.1, 0.15) is 30.3 Å². The summed E-state index contributed by atoms with van der Waals surface area (Å²) in [7, 11) is 1.00. The lowest BCUT2D eigenvalue weighted by Crippen LogP contribution is -2.65. The van der Waals surface area contributed by atoms with Crippen LogP contribution >= 0.6 is 15.9 Å². The molecule has 4 aromatic rings. The normalized spacial score (nSPS) is 23.3. The van der Waals surface area contributed by atoms with E-state index in [1.165, 1.54) is 0 Å². The van der Waals surface area contributed by atoms with Gasteiger partial charge in [-0.25, -0.2) is 0 Å².